The zero-order chi connectivity index (χ0) is 15.8. The van der Waals surface area contributed by atoms with E-state index in [1.165, 1.54) is 4.90 Å². The molecule has 2 fully saturated rings. The number of carbonyl (C=O) groups is 1. The van der Waals surface area contributed by atoms with Crippen molar-refractivity contribution in [1.29, 1.82) is 0 Å². The molecule has 0 aromatic carbocycles. The number of nitrogens with zero attached hydrogens (tertiary/aromatic N) is 1. The molecule has 2 N–H and O–H groups in total. The van der Waals surface area contributed by atoms with Gasteiger partial charge in [-0.1, -0.05) is 0 Å². The Bertz CT molecular complexity index is 510. The lowest BCUT2D eigenvalue weighted by Crippen LogP contribution is -2.44. The van der Waals surface area contributed by atoms with Gasteiger partial charge in [-0.2, -0.15) is 0 Å². The number of carbonyl (C=O) groups excluding carboxylic acids is 1. The number of halogens is 2. The minimum absolute atomic E-state index is 0.0602. The molecule has 2 heterocycles. The Labute approximate surface area is 123 Å². The average molecular weight is 325 g/mol. The van der Waals surface area contributed by atoms with Gasteiger partial charge in [-0.3, -0.25) is 10.1 Å². The molecule has 2 saturated heterocycles. The van der Waals surface area contributed by atoms with Crippen LogP contribution >= 0.6 is 0 Å². The summed E-state index contributed by atoms with van der Waals surface area (Å²) in [5.41, 5.74) is 0. The lowest BCUT2D eigenvalue weighted by atomic mass is 10.2. The van der Waals surface area contributed by atoms with Gasteiger partial charge in [0.05, 0.1) is 17.8 Å². The van der Waals surface area contributed by atoms with Crippen molar-refractivity contribution in [2.75, 3.05) is 19.6 Å². The third kappa shape index (κ3) is 3.89. The van der Waals surface area contributed by atoms with E-state index in [9.17, 15) is 22.0 Å². The second kappa shape index (κ2) is 5.77. The first kappa shape index (κ1) is 16.6. The monoisotopic (exact) mass is 325 g/mol. The molecule has 6 nitrogen and oxygen atoms in total. The number of hydrogen-bond acceptors (Lipinski definition) is 4. The quantitative estimate of drug-likeness (QED) is 0.757. The van der Waals surface area contributed by atoms with Gasteiger partial charge in [0.25, 0.3) is 5.92 Å². The highest BCUT2D eigenvalue weighted by Gasteiger charge is 2.45. The maximum absolute atomic E-state index is 13.1. The molecule has 21 heavy (non-hydrogen) atoms. The molecule has 9 heteroatoms. The number of likely N-dealkylation sites (tertiary alicyclic amines) is 1. The summed E-state index contributed by atoms with van der Waals surface area (Å²) in [7, 11) is -3.48. The van der Waals surface area contributed by atoms with Gasteiger partial charge >= 0.3 is 0 Å². The van der Waals surface area contributed by atoms with Crippen molar-refractivity contribution >= 4 is 15.9 Å². The summed E-state index contributed by atoms with van der Waals surface area (Å²) in [5, 5.41) is 1.83. The van der Waals surface area contributed by atoms with Gasteiger partial charge < -0.3 is 4.90 Å². The predicted octanol–water partition coefficient (Wildman–Crippen LogP) is -0.0877. The molecule has 0 aliphatic carbocycles. The van der Waals surface area contributed by atoms with E-state index < -0.39 is 46.1 Å². The van der Waals surface area contributed by atoms with E-state index in [-0.39, 0.29) is 19.1 Å². The molecule has 0 aromatic rings. The van der Waals surface area contributed by atoms with Crippen molar-refractivity contribution < 1.29 is 22.0 Å². The van der Waals surface area contributed by atoms with Crippen LogP contribution in [-0.4, -0.2) is 62.1 Å². The first-order valence-electron chi connectivity index (χ1n) is 7.02. The van der Waals surface area contributed by atoms with Gasteiger partial charge in [0.2, 0.25) is 15.9 Å². The van der Waals surface area contributed by atoms with Gasteiger partial charge in [-0.25, -0.2) is 21.9 Å². The fourth-order valence-electron chi connectivity index (χ4n) is 2.72. The first-order valence-corrected chi connectivity index (χ1v) is 8.56. The van der Waals surface area contributed by atoms with Crippen LogP contribution in [0.4, 0.5) is 8.78 Å². The Hall–Kier alpha value is -0.800. The molecule has 2 aliphatic rings. The number of alkyl halides is 2. The topological polar surface area (TPSA) is 78.5 Å². The summed E-state index contributed by atoms with van der Waals surface area (Å²) < 4.78 is 52.8. The second-order valence-corrected chi connectivity index (χ2v) is 8.00. The van der Waals surface area contributed by atoms with Crippen molar-refractivity contribution in [1.82, 2.24) is 14.9 Å². The van der Waals surface area contributed by atoms with Crippen molar-refractivity contribution in [3.8, 4) is 0 Å². The van der Waals surface area contributed by atoms with Gasteiger partial charge in [0.15, 0.2) is 0 Å². The zero-order valence-corrected chi connectivity index (χ0v) is 12.9. The molecule has 0 saturated carbocycles. The number of rotatable bonds is 4. The molecule has 0 spiro atoms. The normalized spacial score (nSPS) is 29.3. The van der Waals surface area contributed by atoms with E-state index in [4.69, 9.17) is 0 Å². The summed E-state index contributed by atoms with van der Waals surface area (Å²) in [5.74, 6) is -3.31. The summed E-state index contributed by atoms with van der Waals surface area (Å²) in [6, 6.07) is -1.13. The molecular formula is C12H21F2N3O3S. The van der Waals surface area contributed by atoms with Gasteiger partial charge in [-0.15, -0.1) is 0 Å². The molecule has 2 unspecified atom stereocenters. The highest BCUT2D eigenvalue weighted by molar-refractivity contribution is 7.90. The van der Waals surface area contributed by atoms with Crippen molar-refractivity contribution in [2.24, 2.45) is 0 Å². The van der Waals surface area contributed by atoms with Crippen LogP contribution in [-0.2, 0) is 14.8 Å². The number of hydrogen-bond donors (Lipinski definition) is 2. The summed E-state index contributed by atoms with van der Waals surface area (Å²) in [4.78, 5) is 13.5. The van der Waals surface area contributed by atoms with Crippen LogP contribution in [0.25, 0.3) is 0 Å². The Morgan fingerprint density at radius 2 is 2.10 bits per heavy atom. The molecule has 2 rings (SSSR count). The van der Waals surface area contributed by atoms with E-state index in [2.05, 4.69) is 10.0 Å². The lowest BCUT2D eigenvalue weighted by Gasteiger charge is -2.21. The van der Waals surface area contributed by atoms with Gasteiger partial charge in [-0.05, 0) is 20.3 Å². The highest BCUT2D eigenvalue weighted by Crippen LogP contribution is 2.27. The Balaban J connectivity index is 1.95. The van der Waals surface area contributed by atoms with Crippen LogP contribution in [0.15, 0.2) is 0 Å². The SMILES string of the molecule is CC(C)NS(=O)(=O)C1CCN(C(=O)C2CC(F)(F)CN2)C1. The fraction of sp³-hybridized carbons (Fsp3) is 0.917. The molecule has 2 atom stereocenters. The predicted molar refractivity (Wildman–Crippen MR) is 73.5 cm³/mol. The molecule has 1 amide bonds. The van der Waals surface area contributed by atoms with E-state index in [0.29, 0.717) is 6.42 Å². The third-order valence-electron chi connectivity index (χ3n) is 3.70. The van der Waals surface area contributed by atoms with Crippen LogP contribution in [0.5, 0.6) is 0 Å². The fourth-order valence-corrected chi connectivity index (χ4v) is 4.36. The standard InChI is InChI=1S/C12H21F2N3O3S/c1-8(2)16-21(19,20)9-3-4-17(6-9)11(18)10-5-12(13,14)7-15-10/h8-10,15-16H,3-7H2,1-2H3. The minimum atomic E-state index is -3.48. The van der Waals surface area contributed by atoms with E-state index in [0.717, 1.165) is 0 Å². The summed E-state index contributed by atoms with van der Waals surface area (Å²) in [6.07, 6.45) is -0.194. The van der Waals surface area contributed by atoms with Crippen molar-refractivity contribution in [2.45, 2.75) is 49.9 Å². The van der Waals surface area contributed by atoms with Crippen LogP contribution in [0, 0.1) is 0 Å². The van der Waals surface area contributed by atoms with Crippen LogP contribution in [0.1, 0.15) is 26.7 Å². The van der Waals surface area contributed by atoms with Gasteiger partial charge in [0.1, 0.15) is 0 Å². The van der Waals surface area contributed by atoms with Crippen LogP contribution < -0.4 is 10.0 Å². The third-order valence-corrected chi connectivity index (χ3v) is 5.77. The largest absolute Gasteiger partial charge is 0.340 e. The Kier molecular flexibility index (Phi) is 4.55. The summed E-state index contributed by atoms with van der Waals surface area (Å²) >= 11 is 0. The number of amides is 1. The second-order valence-electron chi connectivity index (χ2n) is 6.01. The maximum Gasteiger partial charge on any atom is 0.262 e. The smallest absolute Gasteiger partial charge is 0.262 e. The average Bonchev–Trinajstić information content (AvgIpc) is 2.93. The summed E-state index contributed by atoms with van der Waals surface area (Å²) in [6.45, 7) is 3.28. The molecule has 122 valence electrons. The van der Waals surface area contributed by atoms with Crippen LogP contribution in [0.2, 0.25) is 0 Å². The molecule has 2 aliphatic heterocycles. The molecule has 0 radical (unpaired) electrons. The van der Waals surface area contributed by atoms with E-state index in [1.807, 2.05) is 0 Å². The Morgan fingerprint density at radius 3 is 2.62 bits per heavy atom. The first-order chi connectivity index (χ1) is 9.61. The van der Waals surface area contributed by atoms with Crippen LogP contribution in [0.3, 0.4) is 0 Å². The minimum Gasteiger partial charge on any atom is -0.340 e. The van der Waals surface area contributed by atoms with Crippen molar-refractivity contribution in [3.63, 3.8) is 0 Å². The molecule has 0 aromatic heterocycles. The number of nitrogens with one attached hydrogen (secondary N) is 2. The lowest BCUT2D eigenvalue weighted by molar-refractivity contribution is -0.132. The van der Waals surface area contributed by atoms with E-state index >= 15 is 0 Å². The molecular weight excluding hydrogens is 304 g/mol. The van der Waals surface area contributed by atoms with Crippen molar-refractivity contribution in [3.05, 3.63) is 0 Å². The number of sulfonamides is 1. The van der Waals surface area contributed by atoms with E-state index in [1.54, 1.807) is 13.8 Å². The Morgan fingerprint density at radius 1 is 1.43 bits per heavy atom. The zero-order valence-electron chi connectivity index (χ0n) is 12.1. The molecule has 0 bridgehead atoms. The van der Waals surface area contributed by atoms with Gasteiger partial charge in [0, 0.05) is 25.6 Å². The highest BCUT2D eigenvalue weighted by atomic mass is 32.2. The maximum atomic E-state index is 13.1.